The van der Waals surface area contributed by atoms with Crippen LogP contribution < -0.4 is 10.1 Å². The standard InChI is InChI=1S/C13H14N4O4/c18-12(4-6-17-7-5-14-16-17)15-10-2-1-3-11(8-10)21-9-13(19)20/h1-3,5,7-8H,4,6,9H2,(H,15,18)(H,19,20). The number of nitrogens with zero attached hydrogens (tertiary/aromatic N) is 3. The van der Waals surface area contributed by atoms with E-state index in [1.54, 1.807) is 41.3 Å². The van der Waals surface area contributed by atoms with E-state index in [9.17, 15) is 9.59 Å². The number of nitrogens with one attached hydrogen (secondary N) is 1. The number of carbonyl (C=O) groups is 2. The van der Waals surface area contributed by atoms with Gasteiger partial charge in [-0.2, -0.15) is 0 Å². The fourth-order valence-corrected chi connectivity index (χ4v) is 1.60. The maximum absolute atomic E-state index is 11.8. The Morgan fingerprint density at radius 1 is 1.38 bits per heavy atom. The first-order chi connectivity index (χ1) is 10.1. The Labute approximate surface area is 120 Å². The van der Waals surface area contributed by atoms with Gasteiger partial charge in [0.15, 0.2) is 6.61 Å². The van der Waals surface area contributed by atoms with Gasteiger partial charge in [0.2, 0.25) is 5.91 Å². The fraction of sp³-hybridized carbons (Fsp3) is 0.231. The first-order valence-corrected chi connectivity index (χ1v) is 6.22. The lowest BCUT2D eigenvalue weighted by atomic mass is 10.3. The summed E-state index contributed by atoms with van der Waals surface area (Å²) < 4.78 is 6.60. The summed E-state index contributed by atoms with van der Waals surface area (Å²) in [6, 6.07) is 6.55. The SMILES string of the molecule is O=C(O)COc1cccc(NC(=O)CCn2ccnn2)c1. The van der Waals surface area contributed by atoms with Gasteiger partial charge in [0.1, 0.15) is 5.75 Å². The highest BCUT2D eigenvalue weighted by atomic mass is 16.5. The smallest absolute Gasteiger partial charge is 0.341 e. The molecular weight excluding hydrogens is 276 g/mol. The molecule has 0 aliphatic carbocycles. The second-order valence-corrected chi connectivity index (χ2v) is 4.17. The van der Waals surface area contributed by atoms with Crippen molar-refractivity contribution in [2.24, 2.45) is 0 Å². The van der Waals surface area contributed by atoms with E-state index in [-0.39, 0.29) is 12.3 Å². The number of ether oxygens (including phenoxy) is 1. The number of amides is 1. The molecule has 0 fully saturated rings. The zero-order chi connectivity index (χ0) is 15.1. The van der Waals surface area contributed by atoms with E-state index in [4.69, 9.17) is 9.84 Å². The monoisotopic (exact) mass is 290 g/mol. The molecule has 2 rings (SSSR count). The van der Waals surface area contributed by atoms with Gasteiger partial charge in [0.05, 0.1) is 12.7 Å². The molecule has 110 valence electrons. The van der Waals surface area contributed by atoms with Crippen molar-refractivity contribution < 1.29 is 19.4 Å². The molecule has 0 atom stereocenters. The average Bonchev–Trinajstić information content (AvgIpc) is 2.97. The predicted molar refractivity (Wildman–Crippen MR) is 72.8 cm³/mol. The molecule has 8 nitrogen and oxygen atoms in total. The first-order valence-electron chi connectivity index (χ1n) is 6.22. The summed E-state index contributed by atoms with van der Waals surface area (Å²) >= 11 is 0. The van der Waals surface area contributed by atoms with E-state index >= 15 is 0 Å². The number of hydrogen-bond donors (Lipinski definition) is 2. The number of aliphatic carboxylic acids is 1. The molecule has 2 aromatic rings. The van der Waals surface area contributed by atoms with E-state index in [0.717, 1.165) is 0 Å². The molecule has 1 aromatic carbocycles. The van der Waals surface area contributed by atoms with Crippen LogP contribution in [0.3, 0.4) is 0 Å². The van der Waals surface area contributed by atoms with Crippen LogP contribution >= 0.6 is 0 Å². The lowest BCUT2D eigenvalue weighted by Gasteiger charge is -2.08. The molecule has 0 bridgehead atoms. The largest absolute Gasteiger partial charge is 0.482 e. The molecule has 0 saturated heterocycles. The molecule has 0 saturated carbocycles. The number of rotatable bonds is 7. The summed E-state index contributed by atoms with van der Waals surface area (Å²) in [4.78, 5) is 22.2. The van der Waals surface area contributed by atoms with E-state index in [2.05, 4.69) is 15.6 Å². The highest BCUT2D eigenvalue weighted by molar-refractivity contribution is 5.90. The zero-order valence-electron chi connectivity index (χ0n) is 11.1. The van der Waals surface area contributed by atoms with Crippen LogP contribution in [0.1, 0.15) is 6.42 Å². The topological polar surface area (TPSA) is 106 Å². The van der Waals surface area contributed by atoms with Gasteiger partial charge in [-0.15, -0.1) is 5.10 Å². The average molecular weight is 290 g/mol. The zero-order valence-corrected chi connectivity index (χ0v) is 11.1. The highest BCUT2D eigenvalue weighted by Crippen LogP contribution is 2.17. The second kappa shape index (κ2) is 7.04. The van der Waals surface area contributed by atoms with Crippen molar-refractivity contribution >= 4 is 17.6 Å². The lowest BCUT2D eigenvalue weighted by molar-refractivity contribution is -0.139. The molecule has 0 aliphatic heterocycles. The number of aromatic nitrogens is 3. The summed E-state index contributed by atoms with van der Waals surface area (Å²) in [6.07, 6.45) is 3.47. The van der Waals surface area contributed by atoms with Crippen molar-refractivity contribution in [3.05, 3.63) is 36.7 Å². The minimum absolute atomic E-state index is 0.180. The molecule has 0 spiro atoms. The number of anilines is 1. The predicted octanol–water partition coefficient (Wildman–Crippen LogP) is 0.770. The van der Waals surface area contributed by atoms with Crippen LogP contribution in [0.15, 0.2) is 36.7 Å². The Hall–Kier alpha value is -2.90. The highest BCUT2D eigenvalue weighted by Gasteiger charge is 2.05. The third kappa shape index (κ3) is 4.94. The summed E-state index contributed by atoms with van der Waals surface area (Å²) in [5.74, 6) is -0.857. The van der Waals surface area contributed by atoms with Crippen molar-refractivity contribution in [2.45, 2.75) is 13.0 Å². The Bertz CT molecular complexity index is 612. The van der Waals surface area contributed by atoms with Gasteiger partial charge in [-0.25, -0.2) is 4.79 Å². The summed E-state index contributed by atoms with van der Waals surface area (Å²) in [5, 5.41) is 18.7. The van der Waals surface area contributed by atoms with Gasteiger partial charge in [-0.1, -0.05) is 11.3 Å². The number of aryl methyl sites for hydroxylation is 1. The molecule has 8 heteroatoms. The molecule has 1 heterocycles. The Balaban J connectivity index is 1.85. The molecule has 1 amide bonds. The van der Waals surface area contributed by atoms with Crippen LogP contribution in [0.25, 0.3) is 0 Å². The van der Waals surface area contributed by atoms with Gasteiger partial charge >= 0.3 is 5.97 Å². The number of carboxylic acid groups (broad SMARTS) is 1. The Morgan fingerprint density at radius 3 is 2.95 bits per heavy atom. The van der Waals surface area contributed by atoms with E-state index in [1.807, 2.05) is 0 Å². The van der Waals surface area contributed by atoms with Gasteiger partial charge in [0, 0.05) is 24.4 Å². The van der Waals surface area contributed by atoms with Crippen molar-refractivity contribution in [3.8, 4) is 5.75 Å². The van der Waals surface area contributed by atoms with Crippen LogP contribution in [0.4, 0.5) is 5.69 Å². The summed E-state index contributed by atoms with van der Waals surface area (Å²) in [5.41, 5.74) is 0.543. The normalized spacial score (nSPS) is 10.1. The maximum atomic E-state index is 11.8. The summed E-state index contributed by atoms with van der Waals surface area (Å²) in [6.45, 7) is 0.00470. The van der Waals surface area contributed by atoms with Crippen LogP contribution in [-0.4, -0.2) is 38.6 Å². The van der Waals surface area contributed by atoms with Crippen LogP contribution in [0, 0.1) is 0 Å². The quantitative estimate of drug-likeness (QED) is 0.780. The minimum atomic E-state index is -1.06. The Kier molecular flexibility index (Phi) is 4.86. The Morgan fingerprint density at radius 2 is 2.24 bits per heavy atom. The van der Waals surface area contributed by atoms with Gasteiger partial charge in [-0.05, 0) is 12.1 Å². The number of carbonyl (C=O) groups excluding carboxylic acids is 1. The minimum Gasteiger partial charge on any atom is -0.482 e. The van der Waals surface area contributed by atoms with Crippen molar-refractivity contribution in [1.82, 2.24) is 15.0 Å². The van der Waals surface area contributed by atoms with Crippen LogP contribution in [0.2, 0.25) is 0 Å². The van der Waals surface area contributed by atoms with E-state index in [0.29, 0.717) is 18.0 Å². The third-order valence-electron chi connectivity index (χ3n) is 2.52. The number of carboxylic acids is 1. The lowest BCUT2D eigenvalue weighted by Crippen LogP contribution is -2.15. The van der Waals surface area contributed by atoms with Crippen LogP contribution in [0.5, 0.6) is 5.75 Å². The van der Waals surface area contributed by atoms with Gasteiger partial charge in [0.25, 0.3) is 0 Å². The number of hydrogen-bond acceptors (Lipinski definition) is 5. The van der Waals surface area contributed by atoms with Crippen molar-refractivity contribution in [1.29, 1.82) is 0 Å². The molecule has 0 aliphatic rings. The fourth-order valence-electron chi connectivity index (χ4n) is 1.60. The maximum Gasteiger partial charge on any atom is 0.341 e. The van der Waals surface area contributed by atoms with E-state index in [1.165, 1.54) is 0 Å². The van der Waals surface area contributed by atoms with Crippen LogP contribution in [-0.2, 0) is 16.1 Å². The molecule has 1 aromatic heterocycles. The van der Waals surface area contributed by atoms with Gasteiger partial charge in [-0.3, -0.25) is 9.48 Å². The molecule has 0 unspecified atom stereocenters. The number of benzene rings is 1. The van der Waals surface area contributed by atoms with Crippen molar-refractivity contribution in [2.75, 3.05) is 11.9 Å². The molecule has 21 heavy (non-hydrogen) atoms. The molecule has 2 N–H and O–H groups in total. The molecular formula is C13H14N4O4. The summed E-state index contributed by atoms with van der Waals surface area (Å²) in [7, 11) is 0. The van der Waals surface area contributed by atoms with Crippen molar-refractivity contribution in [3.63, 3.8) is 0 Å². The third-order valence-corrected chi connectivity index (χ3v) is 2.52. The van der Waals surface area contributed by atoms with E-state index < -0.39 is 12.6 Å². The molecule has 0 radical (unpaired) electrons. The first kappa shape index (κ1) is 14.5. The van der Waals surface area contributed by atoms with Gasteiger partial charge < -0.3 is 15.2 Å². The second-order valence-electron chi connectivity index (χ2n) is 4.17.